The summed E-state index contributed by atoms with van der Waals surface area (Å²) >= 11 is 4.57. The van der Waals surface area contributed by atoms with Gasteiger partial charge in [0.1, 0.15) is 5.84 Å². The first-order valence-electron chi connectivity index (χ1n) is 3.88. The Labute approximate surface area is 93.4 Å². The molecule has 0 fully saturated rings. The van der Waals surface area contributed by atoms with Crippen LogP contribution in [0.2, 0.25) is 0 Å². The summed E-state index contributed by atoms with van der Waals surface area (Å²) in [6.45, 7) is 0. The molecule has 0 aliphatic carbocycles. The number of carbonyl (C=O) groups excluding carboxylic acids is 1. The number of amidine groups is 2. The van der Waals surface area contributed by atoms with E-state index in [1.54, 1.807) is 12.3 Å². The normalized spacial score (nSPS) is 25.1. The van der Waals surface area contributed by atoms with Gasteiger partial charge in [0.25, 0.3) is 5.91 Å². The van der Waals surface area contributed by atoms with Crippen LogP contribution in [0.4, 0.5) is 0 Å². The highest BCUT2D eigenvalue weighted by molar-refractivity contribution is 9.12. The molecule has 0 aromatic heterocycles. The standard InChI is InChI=1S/C8H6BrN3OS/c1-14-8-10-3-4-2-5(9)7(13)11-6(4)12-8/h2-4H,1H3. The Morgan fingerprint density at radius 2 is 2.29 bits per heavy atom. The van der Waals surface area contributed by atoms with Crippen LogP contribution in [0.25, 0.3) is 0 Å². The predicted octanol–water partition coefficient (Wildman–Crippen LogP) is 1.62. The first-order chi connectivity index (χ1) is 6.70. The number of aliphatic imine (C=N–C) groups is 3. The molecular formula is C8H6BrN3OS. The fraction of sp³-hybridized carbons (Fsp3) is 0.250. The SMILES string of the molecule is CSC1=NC2=NC(=O)C(Br)=CC2C=N1. The van der Waals surface area contributed by atoms with E-state index < -0.39 is 0 Å². The van der Waals surface area contributed by atoms with Crippen molar-refractivity contribution in [2.45, 2.75) is 0 Å². The van der Waals surface area contributed by atoms with Crippen LogP contribution in [0.15, 0.2) is 25.5 Å². The van der Waals surface area contributed by atoms with Crippen molar-refractivity contribution in [2.75, 3.05) is 6.26 Å². The number of halogens is 1. The third-order valence-electron chi connectivity index (χ3n) is 1.78. The van der Waals surface area contributed by atoms with Gasteiger partial charge in [0.15, 0.2) is 5.17 Å². The molecule has 6 heteroatoms. The number of fused-ring (bicyclic) bond motifs is 1. The maximum atomic E-state index is 11.2. The van der Waals surface area contributed by atoms with Gasteiger partial charge < -0.3 is 0 Å². The summed E-state index contributed by atoms with van der Waals surface area (Å²) in [5, 5.41) is 0.638. The summed E-state index contributed by atoms with van der Waals surface area (Å²) < 4.78 is 0.473. The topological polar surface area (TPSA) is 54.1 Å². The van der Waals surface area contributed by atoms with E-state index in [2.05, 4.69) is 30.9 Å². The fourth-order valence-corrected chi connectivity index (χ4v) is 1.84. The minimum absolute atomic E-state index is 0.0713. The van der Waals surface area contributed by atoms with Crippen molar-refractivity contribution in [3.05, 3.63) is 10.6 Å². The minimum atomic E-state index is -0.282. The molecule has 14 heavy (non-hydrogen) atoms. The second kappa shape index (κ2) is 3.78. The molecule has 0 bridgehead atoms. The first-order valence-corrected chi connectivity index (χ1v) is 5.89. The maximum absolute atomic E-state index is 11.2. The van der Waals surface area contributed by atoms with E-state index in [1.165, 1.54) is 11.8 Å². The van der Waals surface area contributed by atoms with Gasteiger partial charge in [-0.3, -0.25) is 4.79 Å². The van der Waals surface area contributed by atoms with Gasteiger partial charge in [-0.05, 0) is 28.3 Å². The molecular weight excluding hydrogens is 266 g/mol. The van der Waals surface area contributed by atoms with E-state index in [9.17, 15) is 4.79 Å². The van der Waals surface area contributed by atoms with Gasteiger partial charge in [-0.1, -0.05) is 11.8 Å². The number of rotatable bonds is 0. The number of hydrogen-bond donors (Lipinski definition) is 0. The molecule has 2 aliphatic rings. The van der Waals surface area contributed by atoms with Crippen molar-refractivity contribution >= 4 is 50.8 Å². The fourth-order valence-electron chi connectivity index (χ4n) is 1.11. The maximum Gasteiger partial charge on any atom is 0.285 e. The Balaban J connectivity index is 2.36. The monoisotopic (exact) mass is 271 g/mol. The lowest BCUT2D eigenvalue weighted by molar-refractivity contribution is -0.113. The molecule has 2 rings (SSSR count). The third-order valence-corrected chi connectivity index (χ3v) is 2.95. The smallest absolute Gasteiger partial charge is 0.266 e. The molecule has 1 atom stereocenters. The predicted molar refractivity (Wildman–Crippen MR) is 62.4 cm³/mol. The zero-order valence-corrected chi connectivity index (χ0v) is 9.67. The van der Waals surface area contributed by atoms with Crippen molar-refractivity contribution in [3.8, 4) is 0 Å². The summed E-state index contributed by atoms with van der Waals surface area (Å²) in [7, 11) is 0. The molecule has 0 N–H and O–H groups in total. The summed E-state index contributed by atoms with van der Waals surface area (Å²) in [5.74, 6) is 0.172. The number of thioether (sulfide) groups is 1. The summed E-state index contributed by atoms with van der Waals surface area (Å²) in [4.78, 5) is 23.3. The van der Waals surface area contributed by atoms with Gasteiger partial charge in [0, 0.05) is 6.21 Å². The van der Waals surface area contributed by atoms with Gasteiger partial charge in [0.2, 0.25) is 0 Å². The lowest BCUT2D eigenvalue weighted by atomic mass is 10.1. The molecule has 2 aliphatic heterocycles. The number of hydrogen-bond acceptors (Lipinski definition) is 4. The van der Waals surface area contributed by atoms with Crippen molar-refractivity contribution in [2.24, 2.45) is 20.9 Å². The Morgan fingerprint density at radius 3 is 3.00 bits per heavy atom. The number of amides is 1. The summed E-state index contributed by atoms with van der Waals surface area (Å²) in [6, 6.07) is 0. The van der Waals surface area contributed by atoms with Crippen LogP contribution in [-0.2, 0) is 4.79 Å². The van der Waals surface area contributed by atoms with E-state index >= 15 is 0 Å². The number of dihydropyridines is 1. The first kappa shape index (κ1) is 9.79. The van der Waals surface area contributed by atoms with Gasteiger partial charge in [-0.25, -0.2) is 9.98 Å². The van der Waals surface area contributed by atoms with E-state index in [1.807, 2.05) is 6.26 Å². The van der Waals surface area contributed by atoms with Crippen molar-refractivity contribution in [3.63, 3.8) is 0 Å². The molecule has 0 aromatic carbocycles. The molecule has 2 heterocycles. The molecule has 4 nitrogen and oxygen atoms in total. The van der Waals surface area contributed by atoms with Gasteiger partial charge in [-0.15, -0.1) is 0 Å². The minimum Gasteiger partial charge on any atom is -0.266 e. The lowest BCUT2D eigenvalue weighted by Gasteiger charge is -2.15. The highest BCUT2D eigenvalue weighted by Crippen LogP contribution is 2.21. The number of carbonyl (C=O) groups is 1. The molecule has 0 spiro atoms. The summed E-state index contributed by atoms with van der Waals surface area (Å²) in [5.41, 5.74) is 0. The molecule has 72 valence electrons. The lowest BCUT2D eigenvalue weighted by Crippen LogP contribution is -2.23. The second-order valence-corrected chi connectivity index (χ2v) is 4.32. The van der Waals surface area contributed by atoms with Gasteiger partial charge >= 0.3 is 0 Å². The Bertz CT molecular complexity index is 411. The quantitative estimate of drug-likeness (QED) is 0.673. The van der Waals surface area contributed by atoms with E-state index in [0.717, 1.165) is 0 Å². The molecule has 1 amide bonds. The second-order valence-electron chi connectivity index (χ2n) is 2.69. The van der Waals surface area contributed by atoms with E-state index in [4.69, 9.17) is 0 Å². The van der Waals surface area contributed by atoms with Crippen LogP contribution in [0, 0.1) is 5.92 Å². The highest BCUT2D eigenvalue weighted by atomic mass is 79.9. The highest BCUT2D eigenvalue weighted by Gasteiger charge is 2.24. The molecule has 0 aromatic rings. The van der Waals surface area contributed by atoms with Crippen molar-refractivity contribution in [1.29, 1.82) is 0 Å². The largest absolute Gasteiger partial charge is 0.285 e. The van der Waals surface area contributed by atoms with Crippen LogP contribution in [0.5, 0.6) is 0 Å². The zero-order valence-electron chi connectivity index (χ0n) is 7.27. The summed E-state index contributed by atoms with van der Waals surface area (Å²) in [6.07, 6.45) is 5.38. The Morgan fingerprint density at radius 1 is 1.50 bits per heavy atom. The van der Waals surface area contributed by atoms with Crippen LogP contribution < -0.4 is 0 Å². The van der Waals surface area contributed by atoms with E-state index in [-0.39, 0.29) is 11.8 Å². The average Bonchev–Trinajstić information content (AvgIpc) is 2.19. The van der Waals surface area contributed by atoms with Crippen LogP contribution in [0.1, 0.15) is 0 Å². The van der Waals surface area contributed by atoms with Crippen molar-refractivity contribution in [1.82, 2.24) is 0 Å². The Hall–Kier alpha value is -0.750. The van der Waals surface area contributed by atoms with Crippen molar-refractivity contribution < 1.29 is 4.79 Å². The van der Waals surface area contributed by atoms with Gasteiger partial charge in [0.05, 0.1) is 10.4 Å². The third kappa shape index (κ3) is 1.72. The van der Waals surface area contributed by atoms with Gasteiger partial charge in [-0.2, -0.15) is 4.99 Å². The van der Waals surface area contributed by atoms with Crippen LogP contribution in [0.3, 0.4) is 0 Å². The van der Waals surface area contributed by atoms with Crippen LogP contribution >= 0.6 is 27.7 Å². The van der Waals surface area contributed by atoms with Crippen LogP contribution in [-0.4, -0.2) is 29.4 Å². The number of nitrogens with zero attached hydrogens (tertiary/aromatic N) is 3. The molecule has 0 saturated heterocycles. The van der Waals surface area contributed by atoms with E-state index in [0.29, 0.717) is 15.5 Å². The molecule has 1 unspecified atom stereocenters. The molecule has 0 saturated carbocycles. The molecule has 0 radical (unpaired) electrons. The zero-order chi connectivity index (χ0) is 10.1. The average molecular weight is 272 g/mol. The Kier molecular flexibility index (Phi) is 2.64.